The molecule has 2 rings (SSSR count). The van der Waals surface area contributed by atoms with Gasteiger partial charge in [-0.15, -0.1) is 0 Å². The molecule has 9 heteroatoms. The first-order valence-corrected chi connectivity index (χ1v) is 7.49. The van der Waals surface area contributed by atoms with Gasteiger partial charge in [-0.3, -0.25) is 0 Å². The third kappa shape index (κ3) is 3.92. The maximum atomic E-state index is 13.2. The van der Waals surface area contributed by atoms with Crippen LogP contribution in [0.15, 0.2) is 47.4 Å². The number of methoxy groups -OCH3 is 1. The fourth-order valence-electron chi connectivity index (χ4n) is 1.70. The third-order valence-electron chi connectivity index (χ3n) is 2.78. The van der Waals surface area contributed by atoms with Crippen molar-refractivity contribution in [1.82, 2.24) is 0 Å². The maximum absolute atomic E-state index is 13.2. The molecule has 124 valence electrons. The highest BCUT2D eigenvalue weighted by Crippen LogP contribution is 2.33. The SMILES string of the molecule is COc1cccc(OS(=O)(=O)c2ccc(F)c(C(F)(F)F)c2)c1. The molecule has 4 nitrogen and oxygen atoms in total. The summed E-state index contributed by atoms with van der Waals surface area (Å²) in [5.74, 6) is -1.42. The minimum Gasteiger partial charge on any atom is -0.497 e. The van der Waals surface area contributed by atoms with Gasteiger partial charge in [0.05, 0.1) is 12.7 Å². The Bertz CT molecular complexity index is 816. The van der Waals surface area contributed by atoms with E-state index in [9.17, 15) is 26.0 Å². The predicted octanol–water partition coefficient (Wildman–Crippen LogP) is 3.62. The van der Waals surface area contributed by atoms with E-state index in [-0.39, 0.29) is 11.8 Å². The standard InChI is InChI=1S/C14H10F4O4S/c1-21-9-3-2-4-10(7-9)22-23(19,20)11-5-6-13(15)12(8-11)14(16,17)18/h2-8H,1H3. The molecule has 0 aliphatic carbocycles. The first kappa shape index (κ1) is 17.1. The zero-order valence-electron chi connectivity index (χ0n) is 11.6. The average molecular weight is 350 g/mol. The molecule has 0 unspecified atom stereocenters. The Morgan fingerprint density at radius 3 is 2.26 bits per heavy atom. The number of benzene rings is 2. The second-order valence-electron chi connectivity index (χ2n) is 4.36. The summed E-state index contributed by atoms with van der Waals surface area (Å²) in [5, 5.41) is 0. The van der Waals surface area contributed by atoms with E-state index in [1.165, 1.54) is 31.4 Å². The zero-order valence-corrected chi connectivity index (χ0v) is 12.4. The van der Waals surface area contributed by atoms with Crippen molar-refractivity contribution in [3.63, 3.8) is 0 Å². The number of halogens is 4. The van der Waals surface area contributed by atoms with Crippen molar-refractivity contribution >= 4 is 10.1 Å². The molecule has 0 radical (unpaired) electrons. The van der Waals surface area contributed by atoms with Gasteiger partial charge in [-0.1, -0.05) is 6.07 Å². The lowest BCUT2D eigenvalue weighted by molar-refractivity contribution is -0.140. The van der Waals surface area contributed by atoms with Crippen molar-refractivity contribution in [3.05, 3.63) is 53.8 Å². The van der Waals surface area contributed by atoms with Crippen LogP contribution < -0.4 is 8.92 Å². The number of hydrogen-bond acceptors (Lipinski definition) is 4. The van der Waals surface area contributed by atoms with E-state index in [1.54, 1.807) is 0 Å². The Labute approximate surface area is 129 Å². The average Bonchev–Trinajstić information content (AvgIpc) is 2.46. The third-order valence-corrected chi connectivity index (χ3v) is 4.02. The van der Waals surface area contributed by atoms with Crippen molar-refractivity contribution in [1.29, 1.82) is 0 Å². The highest BCUT2D eigenvalue weighted by Gasteiger charge is 2.35. The molecule has 0 amide bonds. The van der Waals surface area contributed by atoms with E-state index in [1.807, 2.05) is 0 Å². The molecule has 0 saturated heterocycles. The summed E-state index contributed by atoms with van der Waals surface area (Å²) in [6.07, 6.45) is -5.02. The summed E-state index contributed by atoms with van der Waals surface area (Å²) in [6.45, 7) is 0. The predicted molar refractivity (Wildman–Crippen MR) is 72.2 cm³/mol. The molecule has 0 N–H and O–H groups in total. The van der Waals surface area contributed by atoms with Crippen molar-refractivity contribution in [2.75, 3.05) is 7.11 Å². The van der Waals surface area contributed by atoms with Gasteiger partial charge in [0.25, 0.3) is 0 Å². The van der Waals surface area contributed by atoms with Gasteiger partial charge in [0, 0.05) is 6.07 Å². The van der Waals surface area contributed by atoms with Crippen LogP contribution in [0.4, 0.5) is 17.6 Å². The molecule has 0 saturated carbocycles. The number of ether oxygens (including phenoxy) is 1. The molecule has 0 bridgehead atoms. The van der Waals surface area contributed by atoms with Gasteiger partial charge in [-0.25, -0.2) is 4.39 Å². The normalized spacial score (nSPS) is 12.0. The molecular weight excluding hydrogens is 340 g/mol. The van der Waals surface area contributed by atoms with Crippen LogP contribution in [0.5, 0.6) is 11.5 Å². The van der Waals surface area contributed by atoms with Crippen LogP contribution in [0.3, 0.4) is 0 Å². The second-order valence-corrected chi connectivity index (χ2v) is 5.90. The summed E-state index contributed by atoms with van der Waals surface area (Å²) in [5.41, 5.74) is -1.69. The highest BCUT2D eigenvalue weighted by molar-refractivity contribution is 7.87. The van der Waals surface area contributed by atoms with Gasteiger partial charge >= 0.3 is 16.3 Å². The molecular formula is C14H10F4O4S. The lowest BCUT2D eigenvalue weighted by Crippen LogP contribution is -2.14. The molecule has 0 aromatic heterocycles. The fraction of sp³-hybridized carbons (Fsp3) is 0.143. The molecule has 2 aromatic rings. The first-order chi connectivity index (χ1) is 10.6. The van der Waals surface area contributed by atoms with E-state index in [4.69, 9.17) is 8.92 Å². The summed E-state index contributed by atoms with van der Waals surface area (Å²) in [4.78, 5) is -0.811. The van der Waals surface area contributed by atoms with Crippen LogP contribution in [0, 0.1) is 5.82 Å². The minimum absolute atomic E-state index is 0.151. The van der Waals surface area contributed by atoms with E-state index in [0.717, 1.165) is 0 Å². The van der Waals surface area contributed by atoms with Gasteiger partial charge in [-0.05, 0) is 30.3 Å². The molecule has 0 heterocycles. The molecule has 0 fully saturated rings. The lowest BCUT2D eigenvalue weighted by Gasteiger charge is -2.11. The summed E-state index contributed by atoms with van der Waals surface area (Å²) in [7, 11) is -3.21. The van der Waals surface area contributed by atoms with Crippen molar-refractivity contribution in [2.45, 2.75) is 11.1 Å². The van der Waals surface area contributed by atoms with Crippen LogP contribution in [-0.2, 0) is 16.3 Å². The maximum Gasteiger partial charge on any atom is 0.419 e. The van der Waals surface area contributed by atoms with E-state index in [2.05, 4.69) is 0 Å². The molecule has 0 aliphatic rings. The van der Waals surface area contributed by atoms with E-state index in [0.29, 0.717) is 17.9 Å². The van der Waals surface area contributed by atoms with Crippen molar-refractivity contribution < 1.29 is 34.9 Å². The smallest absolute Gasteiger partial charge is 0.419 e. The first-order valence-electron chi connectivity index (χ1n) is 6.09. The van der Waals surface area contributed by atoms with Gasteiger partial charge in [0.15, 0.2) is 0 Å². The molecule has 23 heavy (non-hydrogen) atoms. The van der Waals surface area contributed by atoms with Crippen LogP contribution in [-0.4, -0.2) is 15.5 Å². The summed E-state index contributed by atoms with van der Waals surface area (Å²) < 4.78 is 84.9. The Kier molecular flexibility index (Phi) is 4.51. The quantitative estimate of drug-likeness (QED) is 0.624. The molecule has 0 aliphatic heterocycles. The van der Waals surface area contributed by atoms with Crippen LogP contribution >= 0.6 is 0 Å². The van der Waals surface area contributed by atoms with E-state index < -0.39 is 32.6 Å². The van der Waals surface area contributed by atoms with Gasteiger partial charge < -0.3 is 8.92 Å². The number of rotatable bonds is 4. The Balaban J connectivity index is 2.40. The van der Waals surface area contributed by atoms with Crippen molar-refractivity contribution in [2.24, 2.45) is 0 Å². The number of alkyl halides is 3. The molecule has 0 spiro atoms. The summed E-state index contributed by atoms with van der Waals surface area (Å²) in [6, 6.07) is 6.80. The highest BCUT2D eigenvalue weighted by atomic mass is 32.2. The molecule has 2 aromatic carbocycles. The van der Waals surface area contributed by atoms with Crippen LogP contribution in [0.25, 0.3) is 0 Å². The van der Waals surface area contributed by atoms with Crippen molar-refractivity contribution in [3.8, 4) is 11.5 Å². The Morgan fingerprint density at radius 1 is 1.00 bits per heavy atom. The minimum atomic E-state index is -5.02. The Morgan fingerprint density at radius 2 is 1.65 bits per heavy atom. The number of hydrogen-bond donors (Lipinski definition) is 0. The second kappa shape index (κ2) is 6.07. The Hall–Kier alpha value is -2.29. The fourth-order valence-corrected chi connectivity index (χ4v) is 2.66. The lowest BCUT2D eigenvalue weighted by atomic mass is 10.2. The van der Waals surface area contributed by atoms with E-state index >= 15 is 0 Å². The van der Waals surface area contributed by atoms with Crippen LogP contribution in [0.2, 0.25) is 0 Å². The largest absolute Gasteiger partial charge is 0.497 e. The van der Waals surface area contributed by atoms with Gasteiger partial charge in [0.1, 0.15) is 22.2 Å². The molecule has 0 atom stereocenters. The van der Waals surface area contributed by atoms with Gasteiger partial charge in [-0.2, -0.15) is 21.6 Å². The zero-order chi connectivity index (χ0) is 17.3. The summed E-state index contributed by atoms with van der Waals surface area (Å²) >= 11 is 0. The topological polar surface area (TPSA) is 52.6 Å². The van der Waals surface area contributed by atoms with Crippen LogP contribution in [0.1, 0.15) is 5.56 Å². The van der Waals surface area contributed by atoms with Gasteiger partial charge in [0.2, 0.25) is 0 Å². The monoisotopic (exact) mass is 350 g/mol.